The number of phenolic OH excluding ortho intramolecular Hbond substituents is 1. The van der Waals surface area contributed by atoms with Crippen molar-refractivity contribution < 1.29 is 14.3 Å². The molecular formula is C14H20FNO2. The van der Waals surface area contributed by atoms with Crippen molar-refractivity contribution in [2.45, 2.75) is 27.7 Å². The summed E-state index contributed by atoms with van der Waals surface area (Å²) in [7, 11) is 0. The van der Waals surface area contributed by atoms with E-state index in [0.29, 0.717) is 5.69 Å². The van der Waals surface area contributed by atoms with Gasteiger partial charge in [-0.15, -0.1) is 0 Å². The van der Waals surface area contributed by atoms with Crippen molar-refractivity contribution in [2.24, 2.45) is 17.8 Å². The van der Waals surface area contributed by atoms with E-state index in [1.807, 2.05) is 27.7 Å². The summed E-state index contributed by atoms with van der Waals surface area (Å²) in [5.41, 5.74) is 0.363. The van der Waals surface area contributed by atoms with Crippen molar-refractivity contribution >= 4 is 11.6 Å². The SMILES string of the molecule is CC(C)C(C(=O)Nc1ccc(O)c(F)c1)C(C)C. The number of anilines is 1. The largest absolute Gasteiger partial charge is 0.505 e. The molecule has 3 nitrogen and oxygen atoms in total. The molecule has 0 atom stereocenters. The van der Waals surface area contributed by atoms with E-state index in [0.717, 1.165) is 6.07 Å². The van der Waals surface area contributed by atoms with Gasteiger partial charge in [-0.3, -0.25) is 4.79 Å². The Morgan fingerprint density at radius 1 is 1.22 bits per heavy atom. The first-order valence-corrected chi connectivity index (χ1v) is 6.12. The Hall–Kier alpha value is -1.58. The fourth-order valence-corrected chi connectivity index (χ4v) is 2.19. The Labute approximate surface area is 107 Å². The van der Waals surface area contributed by atoms with Crippen molar-refractivity contribution in [3.8, 4) is 5.75 Å². The molecule has 1 rings (SSSR count). The Balaban J connectivity index is 2.82. The molecule has 100 valence electrons. The monoisotopic (exact) mass is 253 g/mol. The quantitative estimate of drug-likeness (QED) is 0.808. The van der Waals surface area contributed by atoms with Crippen LogP contribution in [0.4, 0.5) is 10.1 Å². The molecule has 18 heavy (non-hydrogen) atoms. The van der Waals surface area contributed by atoms with E-state index in [2.05, 4.69) is 5.32 Å². The zero-order valence-electron chi connectivity index (χ0n) is 11.2. The van der Waals surface area contributed by atoms with Gasteiger partial charge in [-0.25, -0.2) is 4.39 Å². The molecule has 0 aliphatic carbocycles. The van der Waals surface area contributed by atoms with Crippen molar-refractivity contribution in [3.05, 3.63) is 24.0 Å². The molecule has 0 aliphatic rings. The molecule has 0 bridgehead atoms. The fraction of sp³-hybridized carbons (Fsp3) is 0.500. The molecule has 4 heteroatoms. The van der Waals surface area contributed by atoms with Crippen LogP contribution in [0.1, 0.15) is 27.7 Å². The number of halogens is 1. The summed E-state index contributed by atoms with van der Waals surface area (Å²) >= 11 is 0. The van der Waals surface area contributed by atoms with E-state index >= 15 is 0 Å². The van der Waals surface area contributed by atoms with Gasteiger partial charge in [0, 0.05) is 17.7 Å². The van der Waals surface area contributed by atoms with Gasteiger partial charge < -0.3 is 10.4 Å². The third-order valence-corrected chi connectivity index (χ3v) is 2.95. The summed E-state index contributed by atoms with van der Waals surface area (Å²) in [4.78, 5) is 12.1. The maximum absolute atomic E-state index is 13.1. The van der Waals surface area contributed by atoms with Gasteiger partial charge in [-0.1, -0.05) is 27.7 Å². The summed E-state index contributed by atoms with van der Waals surface area (Å²) in [5.74, 6) is -0.971. The van der Waals surface area contributed by atoms with Crippen LogP contribution in [0.2, 0.25) is 0 Å². The highest BCUT2D eigenvalue weighted by atomic mass is 19.1. The Morgan fingerprint density at radius 2 is 1.78 bits per heavy atom. The van der Waals surface area contributed by atoms with Crippen LogP contribution >= 0.6 is 0 Å². The van der Waals surface area contributed by atoms with Crippen LogP contribution in [0.15, 0.2) is 18.2 Å². The van der Waals surface area contributed by atoms with E-state index in [9.17, 15) is 9.18 Å². The van der Waals surface area contributed by atoms with Crippen molar-refractivity contribution in [3.63, 3.8) is 0 Å². The zero-order valence-corrected chi connectivity index (χ0v) is 11.2. The first kappa shape index (κ1) is 14.5. The molecule has 0 aromatic heterocycles. The minimum Gasteiger partial charge on any atom is -0.505 e. The predicted octanol–water partition coefficient (Wildman–Crippen LogP) is 3.40. The molecule has 0 unspecified atom stereocenters. The number of benzene rings is 1. The highest BCUT2D eigenvalue weighted by Gasteiger charge is 2.25. The van der Waals surface area contributed by atoms with Gasteiger partial charge in [0.25, 0.3) is 0 Å². The van der Waals surface area contributed by atoms with Gasteiger partial charge in [-0.05, 0) is 24.0 Å². The van der Waals surface area contributed by atoms with E-state index in [1.54, 1.807) is 0 Å². The Kier molecular flexibility index (Phi) is 4.70. The third kappa shape index (κ3) is 3.45. The number of nitrogens with one attached hydrogen (secondary N) is 1. The average Bonchev–Trinajstić information content (AvgIpc) is 2.22. The molecule has 0 aliphatic heterocycles. The standard InChI is InChI=1S/C14H20FNO2/c1-8(2)13(9(3)4)14(18)16-10-5-6-12(17)11(15)7-10/h5-9,13,17H,1-4H3,(H,16,18). The molecule has 1 aromatic carbocycles. The Bertz CT molecular complexity index is 422. The summed E-state index contributed by atoms with van der Waals surface area (Å²) in [6.45, 7) is 7.95. The van der Waals surface area contributed by atoms with Gasteiger partial charge in [0.15, 0.2) is 11.6 Å². The molecule has 0 fully saturated rings. The summed E-state index contributed by atoms with van der Waals surface area (Å²) in [6.07, 6.45) is 0. The lowest BCUT2D eigenvalue weighted by Gasteiger charge is -2.23. The minimum absolute atomic E-state index is 0.120. The highest BCUT2D eigenvalue weighted by molar-refractivity contribution is 5.92. The summed E-state index contributed by atoms with van der Waals surface area (Å²) < 4.78 is 13.1. The number of carbonyl (C=O) groups is 1. The second kappa shape index (κ2) is 5.85. The van der Waals surface area contributed by atoms with Crippen molar-refractivity contribution in [1.29, 1.82) is 0 Å². The average molecular weight is 253 g/mol. The van der Waals surface area contributed by atoms with Gasteiger partial charge in [0.1, 0.15) is 0 Å². The van der Waals surface area contributed by atoms with E-state index in [-0.39, 0.29) is 23.7 Å². The van der Waals surface area contributed by atoms with Gasteiger partial charge in [-0.2, -0.15) is 0 Å². The number of phenols is 1. The van der Waals surface area contributed by atoms with Gasteiger partial charge >= 0.3 is 0 Å². The lowest BCUT2D eigenvalue weighted by Crippen LogP contribution is -2.31. The Morgan fingerprint density at radius 3 is 2.22 bits per heavy atom. The molecule has 0 saturated carbocycles. The van der Waals surface area contributed by atoms with Crippen LogP contribution in [-0.2, 0) is 4.79 Å². The van der Waals surface area contributed by atoms with Crippen molar-refractivity contribution in [1.82, 2.24) is 0 Å². The van der Waals surface area contributed by atoms with E-state index < -0.39 is 11.6 Å². The number of amides is 1. The molecule has 0 radical (unpaired) electrons. The first-order chi connectivity index (χ1) is 8.32. The number of hydrogen-bond acceptors (Lipinski definition) is 2. The molecule has 0 saturated heterocycles. The van der Waals surface area contributed by atoms with Gasteiger partial charge in [0.2, 0.25) is 5.91 Å². The maximum atomic E-state index is 13.1. The van der Waals surface area contributed by atoms with Crippen molar-refractivity contribution in [2.75, 3.05) is 5.32 Å². The second-order valence-corrected chi connectivity index (χ2v) is 5.17. The first-order valence-electron chi connectivity index (χ1n) is 6.12. The predicted molar refractivity (Wildman–Crippen MR) is 69.9 cm³/mol. The number of aromatic hydroxyl groups is 1. The molecule has 0 heterocycles. The highest BCUT2D eigenvalue weighted by Crippen LogP contribution is 2.24. The molecule has 2 N–H and O–H groups in total. The summed E-state index contributed by atoms with van der Waals surface area (Å²) in [6, 6.07) is 3.82. The fourth-order valence-electron chi connectivity index (χ4n) is 2.19. The number of rotatable bonds is 4. The third-order valence-electron chi connectivity index (χ3n) is 2.95. The summed E-state index contributed by atoms with van der Waals surface area (Å²) in [5, 5.41) is 11.8. The van der Waals surface area contributed by atoms with Crippen LogP contribution in [0, 0.1) is 23.6 Å². The molecular weight excluding hydrogens is 233 g/mol. The second-order valence-electron chi connectivity index (χ2n) is 5.17. The maximum Gasteiger partial charge on any atom is 0.228 e. The molecule has 1 aromatic rings. The topological polar surface area (TPSA) is 49.3 Å². The lowest BCUT2D eigenvalue weighted by molar-refractivity contribution is -0.122. The van der Waals surface area contributed by atoms with Crippen LogP contribution in [0.3, 0.4) is 0 Å². The number of hydrogen-bond donors (Lipinski definition) is 2. The van der Waals surface area contributed by atoms with E-state index in [1.165, 1.54) is 12.1 Å². The van der Waals surface area contributed by atoms with Gasteiger partial charge in [0.05, 0.1) is 0 Å². The number of carbonyl (C=O) groups excluding carboxylic acids is 1. The van der Waals surface area contributed by atoms with E-state index in [4.69, 9.17) is 5.11 Å². The smallest absolute Gasteiger partial charge is 0.228 e. The van der Waals surface area contributed by atoms with Crippen LogP contribution in [-0.4, -0.2) is 11.0 Å². The molecule has 1 amide bonds. The van der Waals surface area contributed by atoms with Crippen LogP contribution in [0.25, 0.3) is 0 Å². The zero-order chi connectivity index (χ0) is 13.9. The minimum atomic E-state index is -0.738. The molecule has 0 spiro atoms. The normalized spacial score (nSPS) is 11.3. The van der Waals surface area contributed by atoms with Crippen LogP contribution < -0.4 is 5.32 Å². The van der Waals surface area contributed by atoms with Crippen LogP contribution in [0.5, 0.6) is 5.75 Å². The lowest BCUT2D eigenvalue weighted by atomic mass is 9.85.